The summed E-state index contributed by atoms with van der Waals surface area (Å²) in [7, 11) is -4.61. The molecule has 0 unspecified atom stereocenters. The molecular weight excluding hydrogens is 191 g/mol. The minimum atomic E-state index is -4.61. The van der Waals surface area contributed by atoms with Crippen molar-refractivity contribution >= 4 is 17.5 Å². The molecule has 0 spiro atoms. The van der Waals surface area contributed by atoms with Crippen molar-refractivity contribution in [3.05, 3.63) is 0 Å². The molecule has 0 heterocycles. The van der Waals surface area contributed by atoms with E-state index < -0.39 is 9.05 Å². The average Bonchev–Trinajstić information content (AvgIpc) is 0.722. The Bertz CT molecular complexity index is 31.5. The van der Waals surface area contributed by atoms with Crippen molar-refractivity contribution in [2.24, 2.45) is 0 Å². The van der Waals surface area contributed by atoms with Gasteiger partial charge >= 0.3 is 66.5 Å². The SMILES string of the molecule is O[Si](O)(O)O.[B+3].[Na+].[Zn+2]. The molecule has 0 bridgehead atoms. The smallest absolute Gasteiger partial charge is 0.368 e. The zero-order valence-corrected chi connectivity index (χ0v) is 10.5. The van der Waals surface area contributed by atoms with Crippen LogP contribution in [0.3, 0.4) is 0 Å². The molecule has 32 valence electrons. The first-order chi connectivity index (χ1) is 2.00. The molecule has 0 fully saturated rings. The fraction of sp³-hybridized carbons (Fsp3) is 0. The van der Waals surface area contributed by atoms with Crippen LogP contribution in [0.4, 0.5) is 0 Å². The van der Waals surface area contributed by atoms with Crippen LogP contribution in [-0.2, 0) is 19.5 Å². The Labute approximate surface area is 85.0 Å². The van der Waals surface area contributed by atoms with E-state index in [0.717, 1.165) is 0 Å². The van der Waals surface area contributed by atoms with E-state index in [-0.39, 0.29) is 57.4 Å². The summed E-state index contributed by atoms with van der Waals surface area (Å²) >= 11 is 0. The fourth-order valence-electron chi connectivity index (χ4n) is 0. The van der Waals surface area contributed by atoms with E-state index in [1.807, 2.05) is 0 Å². The monoisotopic (exact) mass is 194 g/mol. The van der Waals surface area contributed by atoms with Crippen molar-refractivity contribution in [2.75, 3.05) is 0 Å². The van der Waals surface area contributed by atoms with E-state index in [1.54, 1.807) is 0 Å². The molecule has 0 aliphatic carbocycles. The molecule has 0 aromatic carbocycles. The predicted octanol–water partition coefficient (Wildman–Crippen LogP) is -5.99. The molecule has 0 saturated heterocycles. The number of hydrogen-bond acceptors (Lipinski definition) is 4. The van der Waals surface area contributed by atoms with Gasteiger partial charge in [0.05, 0.1) is 0 Å². The molecule has 0 aliphatic heterocycles. The number of hydrogen-bond donors (Lipinski definition) is 4. The van der Waals surface area contributed by atoms with Gasteiger partial charge in [-0.15, -0.1) is 0 Å². The van der Waals surface area contributed by atoms with E-state index in [4.69, 9.17) is 19.2 Å². The van der Waals surface area contributed by atoms with Crippen LogP contribution >= 0.6 is 0 Å². The van der Waals surface area contributed by atoms with Gasteiger partial charge in [-0.2, -0.15) is 0 Å². The third kappa shape index (κ3) is 116. The topological polar surface area (TPSA) is 80.9 Å². The molecule has 0 rings (SSSR count). The molecule has 0 atom stereocenters. The van der Waals surface area contributed by atoms with E-state index in [2.05, 4.69) is 0 Å². The normalized spacial score (nSPS) is 7.50. The summed E-state index contributed by atoms with van der Waals surface area (Å²) < 4.78 is 0. The van der Waals surface area contributed by atoms with Gasteiger partial charge in [-0.05, 0) is 0 Å². The molecule has 0 saturated carbocycles. The van der Waals surface area contributed by atoms with Crippen molar-refractivity contribution in [1.82, 2.24) is 0 Å². The van der Waals surface area contributed by atoms with Gasteiger partial charge in [0.2, 0.25) is 0 Å². The van der Waals surface area contributed by atoms with Gasteiger partial charge in [0.15, 0.2) is 0 Å². The van der Waals surface area contributed by atoms with Gasteiger partial charge in [-0.1, -0.05) is 0 Å². The van der Waals surface area contributed by atoms with Crippen LogP contribution in [0.1, 0.15) is 0 Å². The Balaban J connectivity index is -0.0000000267. The molecule has 0 amide bonds. The first-order valence-electron chi connectivity index (χ1n) is 0.894. The van der Waals surface area contributed by atoms with Crippen molar-refractivity contribution in [3.8, 4) is 0 Å². The molecule has 0 aliphatic rings. The summed E-state index contributed by atoms with van der Waals surface area (Å²) in [6, 6.07) is 0. The van der Waals surface area contributed by atoms with Crippen LogP contribution in [0.5, 0.6) is 0 Å². The van der Waals surface area contributed by atoms with Crippen LogP contribution in [0.2, 0.25) is 0 Å². The predicted molar refractivity (Wildman–Crippen MR) is 20.4 cm³/mol. The molecule has 0 aromatic rings. The van der Waals surface area contributed by atoms with Crippen LogP contribution in [0, 0.1) is 0 Å². The van der Waals surface area contributed by atoms with Crippen LogP contribution < -0.4 is 29.6 Å². The molecule has 8 heavy (non-hydrogen) atoms. The Morgan fingerprint density at radius 1 is 0.875 bits per heavy atom. The quantitative estimate of drug-likeness (QED) is 0.290. The summed E-state index contributed by atoms with van der Waals surface area (Å²) in [6.45, 7) is 0. The van der Waals surface area contributed by atoms with Crippen molar-refractivity contribution in [3.63, 3.8) is 0 Å². The molecule has 4 nitrogen and oxygen atoms in total. The largest absolute Gasteiger partial charge is 3.00 e. The first-order valence-corrected chi connectivity index (χ1v) is 2.68. The van der Waals surface area contributed by atoms with E-state index in [0.29, 0.717) is 0 Å². The summed E-state index contributed by atoms with van der Waals surface area (Å²) in [5.74, 6) is 0. The van der Waals surface area contributed by atoms with Gasteiger partial charge in [0.25, 0.3) is 0 Å². The van der Waals surface area contributed by atoms with Crippen molar-refractivity contribution < 1.29 is 68.2 Å². The molecule has 0 aromatic heterocycles. The Hall–Kier alpha value is 1.75. The van der Waals surface area contributed by atoms with Gasteiger partial charge in [0, 0.05) is 0 Å². The summed E-state index contributed by atoms with van der Waals surface area (Å²) in [5, 5.41) is 0. The molecular formula is H4BNaO4SiZn+6. The summed E-state index contributed by atoms with van der Waals surface area (Å²) in [5.41, 5.74) is 0. The maximum atomic E-state index is 7.33. The Morgan fingerprint density at radius 2 is 0.875 bits per heavy atom. The van der Waals surface area contributed by atoms with Crippen LogP contribution in [-0.4, -0.2) is 36.6 Å². The minimum absolute atomic E-state index is 0. The van der Waals surface area contributed by atoms with Crippen molar-refractivity contribution in [1.29, 1.82) is 0 Å². The third-order valence-electron chi connectivity index (χ3n) is 0. The Kier molecular flexibility index (Phi) is 24.7. The maximum Gasteiger partial charge on any atom is 3.00 e. The van der Waals surface area contributed by atoms with Gasteiger partial charge in [0.1, 0.15) is 0 Å². The Morgan fingerprint density at radius 3 is 0.875 bits per heavy atom. The summed E-state index contributed by atoms with van der Waals surface area (Å²) in [6.07, 6.45) is 0. The zero-order chi connectivity index (χ0) is 4.50. The van der Waals surface area contributed by atoms with Gasteiger partial charge < -0.3 is 19.2 Å². The summed E-state index contributed by atoms with van der Waals surface area (Å²) in [4.78, 5) is 29.3. The van der Waals surface area contributed by atoms with E-state index in [9.17, 15) is 0 Å². The number of rotatable bonds is 0. The van der Waals surface area contributed by atoms with Gasteiger partial charge in [-0.3, -0.25) is 0 Å². The van der Waals surface area contributed by atoms with Crippen molar-refractivity contribution in [2.45, 2.75) is 0 Å². The first kappa shape index (κ1) is 22.6. The standard InChI is InChI=1S/B.Na.H4O4Si.Zn/c;;1-5(2,3)4;/h;;1-4H;/q+3;+1;;+2. The molecule has 8 heteroatoms. The van der Waals surface area contributed by atoms with Crippen LogP contribution in [0.25, 0.3) is 0 Å². The van der Waals surface area contributed by atoms with Gasteiger partial charge in [-0.25, -0.2) is 0 Å². The second-order valence-electron chi connectivity index (χ2n) is 0.600. The fourth-order valence-corrected chi connectivity index (χ4v) is 0. The average molecular weight is 195 g/mol. The third-order valence-corrected chi connectivity index (χ3v) is 0. The zero-order valence-electron chi connectivity index (χ0n) is 4.57. The second kappa shape index (κ2) is 8.75. The van der Waals surface area contributed by atoms with Crippen LogP contribution in [0.15, 0.2) is 0 Å². The maximum absolute atomic E-state index is 7.33. The minimum Gasteiger partial charge on any atom is -0.368 e. The van der Waals surface area contributed by atoms with E-state index >= 15 is 0 Å². The molecule has 4 N–H and O–H groups in total. The molecule has 0 radical (unpaired) electrons. The second-order valence-corrected chi connectivity index (χ2v) is 1.80. The van der Waals surface area contributed by atoms with E-state index in [1.165, 1.54) is 0 Å².